The van der Waals surface area contributed by atoms with E-state index in [0.29, 0.717) is 5.69 Å². The molecule has 2 rings (SSSR count). The van der Waals surface area contributed by atoms with Gasteiger partial charge in [-0.05, 0) is 30.3 Å². The molecule has 0 atom stereocenters. The summed E-state index contributed by atoms with van der Waals surface area (Å²) in [6, 6.07) is 7.27. The largest absolute Gasteiger partial charge is 0.478 e. The molecule has 0 fully saturated rings. The first-order valence-electron chi connectivity index (χ1n) is 5.84. The molecule has 21 heavy (non-hydrogen) atoms. The van der Waals surface area contributed by atoms with Crippen LogP contribution in [0.2, 0.25) is 0 Å². The summed E-state index contributed by atoms with van der Waals surface area (Å²) in [4.78, 5) is 15.1. The van der Waals surface area contributed by atoms with Gasteiger partial charge in [0.05, 0.1) is 16.1 Å². The Morgan fingerprint density at radius 1 is 1.24 bits per heavy atom. The summed E-state index contributed by atoms with van der Waals surface area (Å²) in [6.07, 6.45) is 2.44. The molecule has 8 heteroatoms. The smallest absolute Gasteiger partial charge is 0.337 e. The zero-order valence-corrected chi connectivity index (χ0v) is 11.9. The minimum Gasteiger partial charge on any atom is -0.478 e. The zero-order chi connectivity index (χ0) is 15.6. The van der Waals surface area contributed by atoms with Crippen molar-refractivity contribution in [3.05, 3.63) is 42.1 Å². The average Bonchev–Trinajstić information content (AvgIpc) is 2.40. The number of carboxylic acids is 1. The van der Waals surface area contributed by atoms with Gasteiger partial charge >= 0.3 is 5.97 Å². The summed E-state index contributed by atoms with van der Waals surface area (Å²) in [7, 11) is -3.26. The lowest BCUT2D eigenvalue weighted by Crippen LogP contribution is -2.07. The molecule has 0 amide bonds. The summed E-state index contributed by atoms with van der Waals surface area (Å²) in [6.45, 7) is 0. The molecule has 0 aliphatic heterocycles. The number of rotatable bonds is 4. The first-order valence-corrected chi connectivity index (χ1v) is 7.73. The van der Waals surface area contributed by atoms with Crippen LogP contribution in [0.5, 0.6) is 0 Å². The van der Waals surface area contributed by atoms with E-state index in [2.05, 4.69) is 10.3 Å². The Labute approximate surface area is 121 Å². The van der Waals surface area contributed by atoms with Gasteiger partial charge in [0.15, 0.2) is 15.7 Å². The number of sulfone groups is 1. The predicted octanol–water partition coefficient (Wildman–Crippen LogP) is 1.51. The maximum Gasteiger partial charge on any atom is 0.337 e. The minimum absolute atomic E-state index is 0.0113. The molecule has 2 aromatic rings. The van der Waals surface area contributed by atoms with E-state index in [-0.39, 0.29) is 22.0 Å². The van der Waals surface area contributed by atoms with Crippen molar-refractivity contribution >= 4 is 33.0 Å². The van der Waals surface area contributed by atoms with Crippen molar-refractivity contribution in [3.8, 4) is 0 Å². The van der Waals surface area contributed by atoms with E-state index in [1.807, 2.05) is 0 Å². The van der Waals surface area contributed by atoms with Gasteiger partial charge in [0.1, 0.15) is 0 Å². The molecule has 0 bridgehead atoms. The molecule has 0 unspecified atom stereocenters. The zero-order valence-electron chi connectivity index (χ0n) is 11.1. The van der Waals surface area contributed by atoms with E-state index in [1.54, 1.807) is 12.1 Å². The number of aromatic nitrogens is 1. The fraction of sp³-hybridized carbons (Fsp3) is 0.0769. The Hall–Kier alpha value is -2.61. The van der Waals surface area contributed by atoms with Crippen LogP contribution in [0.15, 0.2) is 41.4 Å². The number of benzene rings is 1. The van der Waals surface area contributed by atoms with E-state index in [4.69, 9.17) is 10.8 Å². The molecule has 0 radical (unpaired) electrons. The molecule has 1 aromatic heterocycles. The number of nitrogens with one attached hydrogen (secondary N) is 1. The van der Waals surface area contributed by atoms with Crippen LogP contribution in [0, 0.1) is 0 Å². The number of anilines is 3. The summed E-state index contributed by atoms with van der Waals surface area (Å²) >= 11 is 0. The molecule has 1 aromatic carbocycles. The molecule has 0 spiro atoms. The van der Waals surface area contributed by atoms with Gasteiger partial charge in [0, 0.05) is 18.1 Å². The van der Waals surface area contributed by atoms with Crippen molar-refractivity contribution in [3.63, 3.8) is 0 Å². The Morgan fingerprint density at radius 2 is 1.86 bits per heavy atom. The quantitative estimate of drug-likeness (QED) is 0.782. The molecule has 0 aliphatic carbocycles. The normalized spacial score (nSPS) is 11.1. The fourth-order valence-corrected chi connectivity index (χ4v) is 2.31. The average molecular weight is 307 g/mol. The van der Waals surface area contributed by atoms with Crippen LogP contribution in [-0.2, 0) is 9.84 Å². The first kappa shape index (κ1) is 14.8. The van der Waals surface area contributed by atoms with Gasteiger partial charge in [0.25, 0.3) is 0 Å². The summed E-state index contributed by atoms with van der Waals surface area (Å²) in [5.41, 5.74) is 6.23. The summed E-state index contributed by atoms with van der Waals surface area (Å²) in [5, 5.41) is 11.8. The maximum absolute atomic E-state index is 11.4. The van der Waals surface area contributed by atoms with Gasteiger partial charge in [-0.3, -0.25) is 0 Å². The number of hydrogen-bond acceptors (Lipinski definition) is 6. The fourth-order valence-electron chi connectivity index (χ4n) is 1.68. The third-order valence-electron chi connectivity index (χ3n) is 2.77. The van der Waals surface area contributed by atoms with Crippen LogP contribution >= 0.6 is 0 Å². The van der Waals surface area contributed by atoms with Crippen molar-refractivity contribution in [2.75, 3.05) is 17.3 Å². The van der Waals surface area contributed by atoms with Gasteiger partial charge in [-0.1, -0.05) is 0 Å². The Bertz CT molecular complexity index is 786. The van der Waals surface area contributed by atoms with Gasteiger partial charge in [-0.25, -0.2) is 18.2 Å². The first-order chi connectivity index (χ1) is 9.79. The van der Waals surface area contributed by atoms with Crippen LogP contribution in [-0.4, -0.2) is 30.7 Å². The molecule has 4 N–H and O–H groups in total. The monoisotopic (exact) mass is 307 g/mol. The molecule has 7 nitrogen and oxygen atoms in total. The van der Waals surface area contributed by atoms with Crippen molar-refractivity contribution in [2.24, 2.45) is 0 Å². The molecule has 0 aliphatic rings. The third-order valence-corrected chi connectivity index (χ3v) is 3.89. The van der Waals surface area contributed by atoms with E-state index < -0.39 is 15.8 Å². The van der Waals surface area contributed by atoms with Crippen molar-refractivity contribution in [1.82, 2.24) is 4.98 Å². The number of nitrogens with zero attached hydrogens (tertiary/aromatic N) is 1. The Morgan fingerprint density at radius 3 is 2.38 bits per heavy atom. The lowest BCUT2D eigenvalue weighted by Gasteiger charge is -2.10. The number of nitrogen functional groups attached to an aromatic ring is 1. The van der Waals surface area contributed by atoms with Crippen LogP contribution in [0.4, 0.5) is 17.2 Å². The maximum atomic E-state index is 11.4. The molecule has 110 valence electrons. The van der Waals surface area contributed by atoms with Crippen LogP contribution in [0.25, 0.3) is 0 Å². The second-order valence-electron chi connectivity index (χ2n) is 4.35. The second kappa shape index (κ2) is 5.41. The van der Waals surface area contributed by atoms with Gasteiger partial charge < -0.3 is 16.2 Å². The molecule has 0 saturated carbocycles. The third kappa shape index (κ3) is 3.29. The highest BCUT2D eigenvalue weighted by Gasteiger charge is 2.12. The van der Waals surface area contributed by atoms with Crippen molar-refractivity contribution < 1.29 is 18.3 Å². The summed E-state index contributed by atoms with van der Waals surface area (Å²) < 4.78 is 22.7. The topological polar surface area (TPSA) is 122 Å². The number of hydrogen-bond donors (Lipinski definition) is 3. The Kier molecular flexibility index (Phi) is 3.81. The SMILES string of the molecule is CS(=O)(=O)c1ccc(Nc2nccc(C(=O)O)c2N)cc1. The van der Waals surface area contributed by atoms with E-state index in [1.165, 1.54) is 24.4 Å². The van der Waals surface area contributed by atoms with E-state index >= 15 is 0 Å². The van der Waals surface area contributed by atoms with E-state index in [0.717, 1.165) is 6.26 Å². The summed E-state index contributed by atoms with van der Waals surface area (Å²) in [5.74, 6) is -0.952. The number of nitrogens with two attached hydrogens (primary N) is 1. The number of carboxylic acid groups (broad SMARTS) is 1. The van der Waals surface area contributed by atoms with Crippen molar-refractivity contribution in [2.45, 2.75) is 4.90 Å². The predicted molar refractivity (Wildman–Crippen MR) is 78.4 cm³/mol. The standard InChI is InChI=1S/C13H13N3O4S/c1-21(19,20)9-4-2-8(3-5-9)16-12-11(14)10(13(17)18)6-7-15-12/h2-7H,14H2,1H3,(H,15,16)(H,17,18). The van der Waals surface area contributed by atoms with Gasteiger partial charge in [-0.15, -0.1) is 0 Å². The molecular formula is C13H13N3O4S. The highest BCUT2D eigenvalue weighted by molar-refractivity contribution is 7.90. The number of pyridine rings is 1. The van der Waals surface area contributed by atoms with E-state index in [9.17, 15) is 13.2 Å². The van der Waals surface area contributed by atoms with Gasteiger partial charge in [-0.2, -0.15) is 0 Å². The van der Waals surface area contributed by atoms with Crippen LogP contribution in [0.3, 0.4) is 0 Å². The van der Waals surface area contributed by atoms with Crippen LogP contribution in [0.1, 0.15) is 10.4 Å². The highest BCUT2D eigenvalue weighted by Crippen LogP contribution is 2.24. The second-order valence-corrected chi connectivity index (χ2v) is 6.36. The molecule has 1 heterocycles. The molecule has 0 saturated heterocycles. The van der Waals surface area contributed by atoms with Crippen molar-refractivity contribution in [1.29, 1.82) is 0 Å². The lowest BCUT2D eigenvalue weighted by atomic mass is 10.2. The highest BCUT2D eigenvalue weighted by atomic mass is 32.2. The number of carbonyl (C=O) groups is 1. The minimum atomic E-state index is -3.26. The lowest BCUT2D eigenvalue weighted by molar-refractivity contribution is 0.0698. The molecular weight excluding hydrogens is 294 g/mol. The Balaban J connectivity index is 2.31. The van der Waals surface area contributed by atoms with Gasteiger partial charge in [0.2, 0.25) is 0 Å². The number of aromatic carboxylic acids is 1. The van der Waals surface area contributed by atoms with Crippen LogP contribution < -0.4 is 11.1 Å².